The Balaban J connectivity index is 0.00000442. The van der Waals surface area contributed by atoms with Crippen LogP contribution in [0.5, 0.6) is 0 Å². The predicted molar refractivity (Wildman–Crippen MR) is 162 cm³/mol. The number of anilines is 2. The highest BCUT2D eigenvalue weighted by Crippen LogP contribution is 2.28. The average Bonchev–Trinajstić information content (AvgIpc) is 2.99. The Hall–Kier alpha value is -5.81. The Morgan fingerprint density at radius 2 is 1.48 bits per heavy atom. The minimum absolute atomic E-state index is 0. The van der Waals surface area contributed by atoms with E-state index in [1.165, 1.54) is 42.5 Å². The van der Waals surface area contributed by atoms with E-state index >= 15 is 0 Å². The van der Waals surface area contributed by atoms with Crippen molar-refractivity contribution in [2.24, 2.45) is 15.3 Å². The second-order valence-corrected chi connectivity index (χ2v) is 10.7. The van der Waals surface area contributed by atoms with Gasteiger partial charge in [0.1, 0.15) is 4.91 Å². The third-order valence-electron chi connectivity index (χ3n) is 6.35. The maximum atomic E-state index is 13.3. The molecule has 0 saturated heterocycles. The van der Waals surface area contributed by atoms with E-state index in [0.717, 1.165) is 6.07 Å². The molecule has 0 unspecified atom stereocenters. The van der Waals surface area contributed by atoms with Crippen LogP contribution in [-0.2, 0) is 14.4 Å². The van der Waals surface area contributed by atoms with Gasteiger partial charge in [-0.1, -0.05) is 34.6 Å². The summed E-state index contributed by atoms with van der Waals surface area (Å²) in [4.78, 5) is 35.7. The summed E-state index contributed by atoms with van der Waals surface area (Å²) in [5, 5.41) is 31.2. The number of quaternary nitrogens is 2. The third kappa shape index (κ3) is 6.03. The summed E-state index contributed by atoms with van der Waals surface area (Å²) in [6, 6.07) is 14.8. The number of allylic oxidation sites excluding steroid dienone is 3. The molecule has 0 spiro atoms. The molecule has 3 aromatic carbocycles. The summed E-state index contributed by atoms with van der Waals surface area (Å²) in [5.41, 5.74) is 10.1. The van der Waals surface area contributed by atoms with Gasteiger partial charge in [-0.2, -0.15) is 19.4 Å². The van der Waals surface area contributed by atoms with Crippen LogP contribution >= 0.6 is 0 Å². The number of benzene rings is 3. The molecule has 5 rings (SSSR count). The lowest BCUT2D eigenvalue weighted by Gasteiger charge is -2.17. The fraction of sp³-hybridized carbons (Fsp3) is 0. The van der Waals surface area contributed by atoms with Crippen molar-refractivity contribution in [2.75, 3.05) is 11.2 Å². The Morgan fingerprint density at radius 1 is 0.864 bits per heavy atom. The van der Waals surface area contributed by atoms with E-state index in [1.54, 1.807) is 30.3 Å². The molecule has 0 heterocycles. The first-order chi connectivity index (χ1) is 20.5. The summed E-state index contributed by atoms with van der Waals surface area (Å²) in [7, 11) is -4.45. The number of hydrogen-bond acceptors (Lipinski definition) is 11. The Kier molecular flexibility index (Phi) is 8.63. The van der Waals surface area contributed by atoms with Crippen LogP contribution < -0.4 is 23.2 Å². The largest absolute Gasteiger partial charge is 0.478 e. The molecule has 0 radical (unpaired) electrons. The van der Waals surface area contributed by atoms with Crippen LogP contribution in [0.2, 0.25) is 0 Å². The van der Waals surface area contributed by atoms with Crippen LogP contribution in [0.25, 0.3) is 6.08 Å². The van der Waals surface area contributed by atoms with E-state index < -0.39 is 38.5 Å². The molecule has 0 amide bonds. The first-order valence-electron chi connectivity index (χ1n) is 12.2. The van der Waals surface area contributed by atoms with E-state index in [4.69, 9.17) is 5.73 Å². The van der Waals surface area contributed by atoms with Crippen molar-refractivity contribution in [2.45, 2.75) is 0 Å². The van der Waals surface area contributed by atoms with Crippen molar-refractivity contribution in [3.05, 3.63) is 111 Å². The van der Waals surface area contributed by atoms with Gasteiger partial charge in [0.15, 0.2) is 5.71 Å². The fourth-order valence-corrected chi connectivity index (χ4v) is 5.08. The lowest BCUT2D eigenvalue weighted by molar-refractivity contribution is -0.634. The Morgan fingerprint density at radius 3 is 2.09 bits per heavy atom. The van der Waals surface area contributed by atoms with E-state index in [0.29, 0.717) is 28.1 Å². The number of carboxylic acid groups (broad SMARTS) is 2. The monoisotopic (exact) mass is 619 g/mol. The lowest BCUT2D eigenvalue weighted by atomic mass is 9.93. The standard InChI is InChI=1S/C28H20N6O8S.H3N/c29-17-6-5-14-12-24(43(40,41)42-30)25(26(35)21(14)13-17)34-33-23-8-7-22(19-3-1-2-4-20(19)23)32-31-18-10-15(27(36)37)9-16(11-18)28(38)39;/h1-13H,30H3,(H4-,29,31,32,33,34,35,36,37,38,39);1H3/p+2. The van der Waals surface area contributed by atoms with Gasteiger partial charge in [-0.15, -0.1) is 10.2 Å². The van der Waals surface area contributed by atoms with Crippen LogP contribution in [-0.4, -0.2) is 53.5 Å². The minimum atomic E-state index is -4.45. The number of carboxylic acids is 2. The van der Waals surface area contributed by atoms with Crippen LogP contribution in [0, 0.1) is 0 Å². The first-order valence-corrected chi connectivity index (χ1v) is 13.6. The highest BCUT2D eigenvalue weighted by Gasteiger charge is 2.35. The number of carbonyl (C=O) groups excluding carboxylic acids is 1. The minimum Gasteiger partial charge on any atom is -0.478 e. The number of carbonyl (C=O) groups is 3. The van der Waals surface area contributed by atoms with Gasteiger partial charge in [0, 0.05) is 22.4 Å². The van der Waals surface area contributed by atoms with Gasteiger partial charge in [0.05, 0.1) is 28.2 Å². The number of aromatic carboxylic acids is 2. The fourth-order valence-electron chi connectivity index (χ4n) is 4.31. The zero-order valence-electron chi connectivity index (χ0n) is 22.9. The number of rotatable bonds is 7. The zero-order chi connectivity index (χ0) is 30.9. The van der Waals surface area contributed by atoms with Gasteiger partial charge < -0.3 is 22.1 Å². The lowest BCUT2D eigenvalue weighted by Crippen LogP contribution is -2.52. The summed E-state index contributed by atoms with van der Waals surface area (Å²) in [5.74, 6) is -0.362. The van der Waals surface area contributed by atoms with Gasteiger partial charge in [0.25, 0.3) is 0 Å². The molecule has 15 nitrogen and oxygen atoms in total. The molecule has 2 aliphatic rings. The number of fused-ring (bicyclic) bond motifs is 2. The van der Waals surface area contributed by atoms with Crippen LogP contribution in [0.3, 0.4) is 0 Å². The second-order valence-electron chi connectivity index (χ2n) is 9.09. The molecule has 0 saturated carbocycles. The number of ketones is 1. The van der Waals surface area contributed by atoms with Crippen molar-refractivity contribution < 1.29 is 43.2 Å². The summed E-state index contributed by atoms with van der Waals surface area (Å²) in [6.07, 6.45) is 4.31. The Labute approximate surface area is 249 Å². The normalized spacial score (nSPS) is 16.6. The van der Waals surface area contributed by atoms with Crippen LogP contribution in [0.15, 0.2) is 93.0 Å². The highest BCUT2D eigenvalue weighted by molar-refractivity contribution is 7.92. The average molecular weight is 620 g/mol. The molecule has 0 aliphatic heterocycles. The summed E-state index contributed by atoms with van der Waals surface area (Å²) < 4.78 is 29.7. The predicted octanol–water partition coefficient (Wildman–Crippen LogP) is 2.31. The SMILES string of the molecule is Nc1ccc2c(c1)C(=O)C(=NN=C1C=CC(=NNc3cc(C(=O)O)cc(C(=O)O)c3)c3ccccc31)C(S(=O)(=O)O[NH3+])=C2.[NH4+]. The second kappa shape index (κ2) is 12.2. The molecule has 2 aliphatic carbocycles. The number of hydrazone groups is 1. The maximum Gasteiger partial charge on any atom is 0.345 e. The number of nitrogens with two attached hydrogens (primary N) is 1. The van der Waals surface area contributed by atoms with Crippen molar-refractivity contribution in [3.63, 3.8) is 0 Å². The quantitative estimate of drug-likeness (QED) is 0.166. The van der Waals surface area contributed by atoms with Crippen molar-refractivity contribution >= 4 is 62.4 Å². The van der Waals surface area contributed by atoms with E-state index in [9.17, 15) is 33.0 Å². The van der Waals surface area contributed by atoms with Gasteiger partial charge >= 0.3 is 22.1 Å². The number of Topliss-reactive ketones (excluding diaryl/α,β-unsaturated/α-hetero) is 1. The maximum absolute atomic E-state index is 13.3. The Bertz CT molecular complexity index is 1960. The molecule has 16 heteroatoms. The number of nitrogens with zero attached hydrogens (tertiary/aromatic N) is 3. The number of hydrogen-bond donors (Lipinski definition) is 6. The molecule has 44 heavy (non-hydrogen) atoms. The number of nitrogens with one attached hydrogen (secondary N) is 1. The van der Waals surface area contributed by atoms with E-state index in [1.807, 2.05) is 0 Å². The smallest absolute Gasteiger partial charge is 0.345 e. The molecule has 12 N–H and O–H groups in total. The number of nitrogen functional groups attached to an aromatic ring is 1. The molecule has 0 aromatic heterocycles. The van der Waals surface area contributed by atoms with Crippen molar-refractivity contribution in [1.29, 1.82) is 0 Å². The highest BCUT2D eigenvalue weighted by atomic mass is 32.2. The van der Waals surface area contributed by atoms with Gasteiger partial charge in [-0.3, -0.25) is 10.2 Å². The third-order valence-corrected chi connectivity index (χ3v) is 7.51. The molecule has 0 bridgehead atoms. The van der Waals surface area contributed by atoms with E-state index in [-0.39, 0.29) is 34.2 Å². The molecular weight excluding hydrogens is 594 g/mol. The molecule has 0 atom stereocenters. The van der Waals surface area contributed by atoms with Gasteiger partial charge in [-0.25, -0.2) is 9.59 Å². The molecule has 0 fully saturated rings. The van der Waals surface area contributed by atoms with E-state index in [2.05, 4.69) is 30.9 Å². The topological polar surface area (TPSA) is 274 Å². The molecule has 224 valence electrons. The van der Waals surface area contributed by atoms with Crippen LogP contribution in [0.1, 0.15) is 47.8 Å². The van der Waals surface area contributed by atoms with Crippen molar-refractivity contribution in [3.8, 4) is 0 Å². The summed E-state index contributed by atoms with van der Waals surface area (Å²) >= 11 is 0. The van der Waals surface area contributed by atoms with Crippen molar-refractivity contribution in [1.82, 2.24) is 6.15 Å². The van der Waals surface area contributed by atoms with Crippen LogP contribution in [0.4, 0.5) is 11.4 Å². The molecular formula is C28H25N7O8S+2. The molecule has 3 aromatic rings. The summed E-state index contributed by atoms with van der Waals surface area (Å²) in [6.45, 7) is 0. The van der Waals surface area contributed by atoms with Gasteiger partial charge in [0.2, 0.25) is 5.78 Å². The van der Waals surface area contributed by atoms with Gasteiger partial charge in [-0.05, 0) is 54.1 Å². The zero-order valence-corrected chi connectivity index (χ0v) is 23.7. The first kappa shape index (κ1) is 31.1.